The first-order chi connectivity index (χ1) is 5.56. The van der Waals surface area contributed by atoms with Crippen molar-refractivity contribution in [3.8, 4) is 0 Å². The molecule has 0 aromatic rings. The summed E-state index contributed by atoms with van der Waals surface area (Å²) in [4.78, 5) is 0. The number of unbranched alkanes of at least 4 members (excludes halogenated alkanes) is 5. The van der Waals surface area contributed by atoms with E-state index >= 15 is 0 Å². The normalized spacial score (nSPS) is 12.0. The highest BCUT2D eigenvalue weighted by molar-refractivity contribution is 4.70. The zero-order valence-corrected chi connectivity index (χ0v) is 9.32. The highest BCUT2D eigenvalue weighted by atomic mass is 14.1. The van der Waals surface area contributed by atoms with Crippen LogP contribution in [0.1, 0.15) is 66.2 Å². The molecule has 0 rings (SSSR count). The van der Waals surface area contributed by atoms with Crippen LogP contribution in [-0.2, 0) is 0 Å². The van der Waals surface area contributed by atoms with Gasteiger partial charge in [-0.15, -0.1) is 0 Å². The highest BCUT2D eigenvalue weighted by Crippen LogP contribution is 2.22. The Morgan fingerprint density at radius 1 is 1.00 bits per heavy atom. The Labute approximate surface area is 78.8 Å². The lowest BCUT2D eigenvalue weighted by Gasteiger charge is -2.17. The highest BCUT2D eigenvalue weighted by Gasteiger charge is 2.08. The molecule has 0 aromatic carbocycles. The molecule has 0 aromatic heterocycles. The molecular weight excluding hydrogens is 144 g/mol. The molecule has 0 bridgehead atoms. The molecule has 0 saturated carbocycles. The van der Waals surface area contributed by atoms with Crippen molar-refractivity contribution in [3.05, 3.63) is 6.42 Å². The first-order valence-electron chi connectivity index (χ1n) is 5.38. The third kappa shape index (κ3) is 10.0. The van der Waals surface area contributed by atoms with Crippen molar-refractivity contribution in [1.82, 2.24) is 0 Å². The van der Waals surface area contributed by atoms with Gasteiger partial charge in [-0.25, -0.2) is 0 Å². The molecule has 0 spiro atoms. The molecule has 0 heterocycles. The van der Waals surface area contributed by atoms with Gasteiger partial charge in [0.05, 0.1) is 0 Å². The molecule has 12 heavy (non-hydrogen) atoms. The summed E-state index contributed by atoms with van der Waals surface area (Å²) in [5.74, 6) is 0. The van der Waals surface area contributed by atoms with E-state index in [1.807, 2.05) is 0 Å². The van der Waals surface area contributed by atoms with E-state index in [-0.39, 0.29) is 0 Å². The summed E-state index contributed by atoms with van der Waals surface area (Å²) >= 11 is 0. The molecule has 0 amide bonds. The van der Waals surface area contributed by atoms with E-state index in [9.17, 15) is 0 Å². The summed E-state index contributed by atoms with van der Waals surface area (Å²) in [5, 5.41) is 0. The maximum Gasteiger partial charge on any atom is -0.0383 e. The van der Waals surface area contributed by atoms with Gasteiger partial charge in [-0.2, -0.15) is 0 Å². The van der Waals surface area contributed by atoms with E-state index in [0.717, 1.165) is 0 Å². The second-order valence-electron chi connectivity index (χ2n) is 4.88. The molecule has 0 atom stereocenters. The van der Waals surface area contributed by atoms with Crippen LogP contribution in [-0.4, -0.2) is 0 Å². The van der Waals surface area contributed by atoms with Gasteiger partial charge in [0.25, 0.3) is 0 Å². The third-order valence-corrected chi connectivity index (χ3v) is 2.11. The summed E-state index contributed by atoms with van der Waals surface area (Å²) in [6.07, 6.45) is 10.5. The van der Waals surface area contributed by atoms with E-state index in [1.165, 1.54) is 38.5 Å². The molecule has 0 aliphatic carbocycles. The largest absolute Gasteiger partial charge is 0.0654 e. The molecule has 0 nitrogen and oxygen atoms in total. The lowest BCUT2D eigenvalue weighted by atomic mass is 9.89. The van der Waals surface area contributed by atoms with E-state index in [4.69, 9.17) is 0 Å². The van der Waals surface area contributed by atoms with Gasteiger partial charge in [-0.3, -0.25) is 0 Å². The van der Waals surface area contributed by atoms with Crippen LogP contribution in [0, 0.1) is 11.8 Å². The van der Waals surface area contributed by atoms with Crippen molar-refractivity contribution in [2.45, 2.75) is 66.2 Å². The van der Waals surface area contributed by atoms with Crippen molar-refractivity contribution in [1.29, 1.82) is 0 Å². The van der Waals surface area contributed by atoms with Crippen LogP contribution in [0.2, 0.25) is 0 Å². The van der Waals surface area contributed by atoms with Gasteiger partial charge in [0.1, 0.15) is 0 Å². The van der Waals surface area contributed by atoms with Crippen LogP contribution in [0.3, 0.4) is 0 Å². The molecule has 0 unspecified atom stereocenters. The van der Waals surface area contributed by atoms with E-state index in [0.29, 0.717) is 5.41 Å². The number of hydrogen-bond acceptors (Lipinski definition) is 0. The topological polar surface area (TPSA) is 0 Å². The van der Waals surface area contributed by atoms with Crippen LogP contribution in [0.15, 0.2) is 0 Å². The molecule has 0 heteroatoms. The SMILES string of the molecule is CCCCC[CH]CCC(C)(C)C. The van der Waals surface area contributed by atoms with Gasteiger partial charge >= 0.3 is 0 Å². The average Bonchev–Trinajstić information content (AvgIpc) is 1.94. The monoisotopic (exact) mass is 169 g/mol. The predicted octanol–water partition coefficient (Wildman–Crippen LogP) is 4.60. The first-order valence-corrected chi connectivity index (χ1v) is 5.38. The quantitative estimate of drug-likeness (QED) is 0.510. The van der Waals surface area contributed by atoms with Gasteiger partial charge in [0.2, 0.25) is 0 Å². The van der Waals surface area contributed by atoms with Crippen LogP contribution >= 0.6 is 0 Å². The van der Waals surface area contributed by atoms with Crippen LogP contribution in [0.5, 0.6) is 0 Å². The van der Waals surface area contributed by atoms with Gasteiger partial charge in [0, 0.05) is 0 Å². The maximum atomic E-state index is 2.46. The fraction of sp³-hybridized carbons (Fsp3) is 0.917. The molecule has 0 saturated heterocycles. The molecule has 0 aliphatic heterocycles. The zero-order valence-electron chi connectivity index (χ0n) is 9.32. The first kappa shape index (κ1) is 12.0. The average molecular weight is 169 g/mol. The maximum absolute atomic E-state index is 2.46. The Hall–Kier alpha value is 0. The standard InChI is InChI=1S/C12H25/c1-5-6-7-8-9-10-11-12(2,3)4/h9H,5-8,10-11H2,1-4H3. The second-order valence-corrected chi connectivity index (χ2v) is 4.88. The Balaban J connectivity index is 3.01. The molecular formula is C12H25. The summed E-state index contributed by atoms with van der Waals surface area (Å²) in [5.41, 5.74) is 0.515. The van der Waals surface area contributed by atoms with Gasteiger partial charge in [-0.1, -0.05) is 53.4 Å². The molecule has 0 aliphatic rings. The summed E-state index contributed by atoms with van der Waals surface area (Å²) in [6, 6.07) is 0. The number of hydrogen-bond donors (Lipinski definition) is 0. The van der Waals surface area contributed by atoms with Crippen molar-refractivity contribution in [3.63, 3.8) is 0 Å². The Kier molecular flexibility index (Phi) is 6.51. The van der Waals surface area contributed by atoms with Crippen LogP contribution in [0.25, 0.3) is 0 Å². The van der Waals surface area contributed by atoms with Crippen molar-refractivity contribution >= 4 is 0 Å². The van der Waals surface area contributed by atoms with Crippen molar-refractivity contribution in [2.75, 3.05) is 0 Å². The van der Waals surface area contributed by atoms with Gasteiger partial charge < -0.3 is 0 Å². The molecule has 0 fully saturated rings. The minimum absolute atomic E-state index is 0.515. The minimum atomic E-state index is 0.515. The van der Waals surface area contributed by atoms with Gasteiger partial charge in [0.15, 0.2) is 0 Å². The lowest BCUT2D eigenvalue weighted by molar-refractivity contribution is 0.374. The molecule has 1 radical (unpaired) electrons. The Morgan fingerprint density at radius 3 is 2.17 bits per heavy atom. The van der Waals surface area contributed by atoms with E-state index in [2.05, 4.69) is 34.1 Å². The van der Waals surface area contributed by atoms with Crippen molar-refractivity contribution in [2.24, 2.45) is 5.41 Å². The summed E-state index contributed by atoms with van der Waals surface area (Å²) in [6.45, 7) is 9.20. The van der Waals surface area contributed by atoms with E-state index < -0.39 is 0 Å². The zero-order chi connectivity index (χ0) is 9.45. The fourth-order valence-corrected chi connectivity index (χ4v) is 1.22. The van der Waals surface area contributed by atoms with Crippen molar-refractivity contribution < 1.29 is 0 Å². The van der Waals surface area contributed by atoms with Crippen LogP contribution in [0.4, 0.5) is 0 Å². The van der Waals surface area contributed by atoms with Gasteiger partial charge in [-0.05, 0) is 24.7 Å². The fourth-order valence-electron chi connectivity index (χ4n) is 1.22. The second kappa shape index (κ2) is 6.51. The molecule has 73 valence electrons. The summed E-state index contributed by atoms with van der Waals surface area (Å²) < 4.78 is 0. The lowest BCUT2D eigenvalue weighted by Crippen LogP contribution is -2.04. The Morgan fingerprint density at radius 2 is 1.67 bits per heavy atom. The minimum Gasteiger partial charge on any atom is -0.0654 e. The molecule has 0 N–H and O–H groups in total. The van der Waals surface area contributed by atoms with E-state index in [1.54, 1.807) is 0 Å². The van der Waals surface area contributed by atoms with Crippen LogP contribution < -0.4 is 0 Å². The smallest absolute Gasteiger partial charge is 0.0383 e. The number of rotatable bonds is 6. The predicted molar refractivity (Wildman–Crippen MR) is 57.1 cm³/mol. The Bertz CT molecular complexity index is 86.7. The third-order valence-electron chi connectivity index (χ3n) is 2.11. The summed E-state index contributed by atoms with van der Waals surface area (Å²) in [7, 11) is 0.